The van der Waals surface area contributed by atoms with Crippen LogP contribution in [0.4, 0.5) is 0 Å². The number of aryl methyl sites for hydroxylation is 1. The van der Waals surface area contributed by atoms with Crippen LogP contribution < -0.4 is 10.5 Å². The van der Waals surface area contributed by atoms with Crippen LogP contribution >= 0.6 is 0 Å². The molecule has 98 valence electrons. The van der Waals surface area contributed by atoms with Gasteiger partial charge in [-0.05, 0) is 50.3 Å². The lowest BCUT2D eigenvalue weighted by molar-refractivity contribution is -0.138. The minimum absolute atomic E-state index is 0.119. The average molecular weight is 249 g/mol. The van der Waals surface area contributed by atoms with Crippen molar-refractivity contribution in [2.75, 3.05) is 0 Å². The van der Waals surface area contributed by atoms with E-state index in [4.69, 9.17) is 15.6 Å². The van der Waals surface area contributed by atoms with Gasteiger partial charge in [0.15, 0.2) is 0 Å². The number of aliphatic carboxylic acids is 1. The molecule has 0 radical (unpaired) electrons. The summed E-state index contributed by atoms with van der Waals surface area (Å²) < 4.78 is 5.88. The second-order valence-corrected chi connectivity index (χ2v) is 5.45. The molecular weight excluding hydrogens is 230 g/mol. The Balaban J connectivity index is 2.16. The van der Waals surface area contributed by atoms with Crippen molar-refractivity contribution in [1.29, 1.82) is 0 Å². The molecule has 4 nitrogen and oxygen atoms in total. The predicted molar refractivity (Wildman–Crippen MR) is 68.8 cm³/mol. The number of fused-ring (bicyclic) bond motifs is 1. The summed E-state index contributed by atoms with van der Waals surface area (Å²) >= 11 is 0. The third-order valence-electron chi connectivity index (χ3n) is 3.28. The van der Waals surface area contributed by atoms with E-state index in [1.807, 2.05) is 18.2 Å². The van der Waals surface area contributed by atoms with Gasteiger partial charge < -0.3 is 15.6 Å². The van der Waals surface area contributed by atoms with Gasteiger partial charge in [-0.15, -0.1) is 0 Å². The largest absolute Gasteiger partial charge is 0.488 e. The Morgan fingerprint density at radius 3 is 2.94 bits per heavy atom. The number of benzene rings is 1. The lowest BCUT2D eigenvalue weighted by Gasteiger charge is -2.32. The van der Waals surface area contributed by atoms with E-state index in [1.54, 1.807) is 0 Å². The number of ether oxygens (including phenoxy) is 1. The van der Waals surface area contributed by atoms with Crippen molar-refractivity contribution in [2.24, 2.45) is 5.73 Å². The Morgan fingerprint density at radius 2 is 2.28 bits per heavy atom. The van der Waals surface area contributed by atoms with Crippen LogP contribution in [0.15, 0.2) is 18.2 Å². The molecule has 1 heterocycles. The van der Waals surface area contributed by atoms with E-state index >= 15 is 0 Å². The molecule has 3 N–H and O–H groups in total. The normalized spacial score (nSPS) is 18.6. The molecule has 1 atom stereocenters. The molecule has 1 unspecified atom stereocenters. The number of nitrogens with two attached hydrogens (primary N) is 1. The Kier molecular flexibility index (Phi) is 3.30. The first-order valence-corrected chi connectivity index (χ1v) is 6.16. The summed E-state index contributed by atoms with van der Waals surface area (Å²) in [5, 5.41) is 8.80. The summed E-state index contributed by atoms with van der Waals surface area (Å²) in [5.74, 6) is -0.0657. The van der Waals surface area contributed by atoms with Gasteiger partial charge in [0.1, 0.15) is 17.4 Å². The van der Waals surface area contributed by atoms with Crippen LogP contribution in [-0.2, 0) is 17.6 Å². The quantitative estimate of drug-likeness (QED) is 0.856. The molecule has 1 aliphatic heterocycles. The molecule has 0 aliphatic carbocycles. The van der Waals surface area contributed by atoms with Crippen LogP contribution in [0.25, 0.3) is 0 Å². The molecule has 0 spiro atoms. The SMILES string of the molecule is CC1(C)CCc2cc(CC(N)C(=O)O)ccc2O1. The molecule has 0 bridgehead atoms. The second-order valence-electron chi connectivity index (χ2n) is 5.45. The summed E-state index contributed by atoms with van der Waals surface area (Å²) in [6.07, 6.45) is 2.28. The van der Waals surface area contributed by atoms with Gasteiger partial charge in [0.2, 0.25) is 0 Å². The molecule has 0 saturated carbocycles. The third kappa shape index (κ3) is 2.82. The lowest BCUT2D eigenvalue weighted by Crippen LogP contribution is -2.33. The standard InChI is InChI=1S/C14H19NO3/c1-14(2)6-5-10-7-9(3-4-12(10)18-14)8-11(15)13(16)17/h3-4,7,11H,5-6,8,15H2,1-2H3,(H,16,17). The van der Waals surface area contributed by atoms with Crippen molar-refractivity contribution in [3.8, 4) is 5.75 Å². The number of carboxylic acids is 1. The number of hydrogen-bond acceptors (Lipinski definition) is 3. The van der Waals surface area contributed by atoms with Gasteiger partial charge in [0.05, 0.1) is 0 Å². The van der Waals surface area contributed by atoms with Crippen LogP contribution in [-0.4, -0.2) is 22.7 Å². The maximum absolute atomic E-state index is 10.7. The van der Waals surface area contributed by atoms with E-state index in [0.29, 0.717) is 6.42 Å². The van der Waals surface area contributed by atoms with Gasteiger partial charge >= 0.3 is 5.97 Å². The van der Waals surface area contributed by atoms with E-state index < -0.39 is 12.0 Å². The lowest BCUT2D eigenvalue weighted by atomic mass is 9.92. The highest BCUT2D eigenvalue weighted by Crippen LogP contribution is 2.33. The Hall–Kier alpha value is -1.55. The Bertz CT molecular complexity index is 468. The van der Waals surface area contributed by atoms with Crippen molar-refractivity contribution >= 4 is 5.97 Å². The minimum Gasteiger partial charge on any atom is -0.488 e. The number of hydrogen-bond donors (Lipinski definition) is 2. The van der Waals surface area contributed by atoms with Gasteiger partial charge in [0.25, 0.3) is 0 Å². The van der Waals surface area contributed by atoms with Gasteiger partial charge in [0, 0.05) is 0 Å². The molecule has 0 fully saturated rings. The molecule has 1 aliphatic rings. The van der Waals surface area contributed by atoms with E-state index in [1.165, 1.54) is 0 Å². The van der Waals surface area contributed by atoms with Gasteiger partial charge in [-0.25, -0.2) is 0 Å². The van der Waals surface area contributed by atoms with Crippen LogP contribution in [0, 0.1) is 0 Å². The average Bonchev–Trinajstić information content (AvgIpc) is 2.28. The molecular formula is C14H19NO3. The monoisotopic (exact) mass is 249 g/mol. The molecule has 0 saturated heterocycles. The van der Waals surface area contributed by atoms with Crippen molar-refractivity contribution in [2.45, 2.75) is 44.8 Å². The Labute approximate surface area is 107 Å². The maximum Gasteiger partial charge on any atom is 0.320 e. The highest BCUT2D eigenvalue weighted by molar-refractivity contribution is 5.73. The van der Waals surface area contributed by atoms with E-state index in [2.05, 4.69) is 13.8 Å². The molecule has 1 aromatic rings. The zero-order valence-electron chi connectivity index (χ0n) is 10.8. The van der Waals surface area contributed by atoms with Gasteiger partial charge in [-0.3, -0.25) is 4.79 Å². The number of rotatable bonds is 3. The molecule has 4 heteroatoms. The van der Waals surface area contributed by atoms with Crippen LogP contribution in [0.5, 0.6) is 5.75 Å². The van der Waals surface area contributed by atoms with Crippen LogP contribution in [0.1, 0.15) is 31.4 Å². The van der Waals surface area contributed by atoms with Crippen molar-refractivity contribution in [1.82, 2.24) is 0 Å². The molecule has 0 aromatic heterocycles. The fourth-order valence-electron chi connectivity index (χ4n) is 2.18. The Morgan fingerprint density at radius 1 is 1.56 bits per heavy atom. The number of carbonyl (C=O) groups is 1. The summed E-state index contributed by atoms with van der Waals surface area (Å²) in [5.41, 5.74) is 7.51. The van der Waals surface area contributed by atoms with Crippen molar-refractivity contribution in [3.63, 3.8) is 0 Å². The van der Waals surface area contributed by atoms with Crippen molar-refractivity contribution in [3.05, 3.63) is 29.3 Å². The molecule has 0 amide bonds. The minimum atomic E-state index is -0.967. The fourth-order valence-corrected chi connectivity index (χ4v) is 2.18. The summed E-state index contributed by atoms with van der Waals surface area (Å²) in [6, 6.07) is 4.97. The fraction of sp³-hybridized carbons (Fsp3) is 0.500. The first kappa shape index (κ1) is 12.9. The first-order valence-electron chi connectivity index (χ1n) is 6.16. The second kappa shape index (κ2) is 4.61. The van der Waals surface area contributed by atoms with Crippen LogP contribution in [0.2, 0.25) is 0 Å². The van der Waals surface area contributed by atoms with Gasteiger partial charge in [-0.2, -0.15) is 0 Å². The summed E-state index contributed by atoms with van der Waals surface area (Å²) in [4.78, 5) is 10.7. The van der Waals surface area contributed by atoms with E-state index in [9.17, 15) is 4.79 Å². The maximum atomic E-state index is 10.7. The zero-order chi connectivity index (χ0) is 13.3. The first-order chi connectivity index (χ1) is 8.37. The van der Waals surface area contributed by atoms with E-state index in [-0.39, 0.29) is 5.60 Å². The molecule has 2 rings (SSSR count). The van der Waals surface area contributed by atoms with Gasteiger partial charge in [-0.1, -0.05) is 12.1 Å². The van der Waals surface area contributed by atoms with Crippen molar-refractivity contribution < 1.29 is 14.6 Å². The summed E-state index contributed by atoms with van der Waals surface area (Å²) in [6.45, 7) is 4.15. The topological polar surface area (TPSA) is 72.6 Å². The number of carboxylic acid groups (broad SMARTS) is 1. The third-order valence-corrected chi connectivity index (χ3v) is 3.28. The highest BCUT2D eigenvalue weighted by Gasteiger charge is 2.26. The van der Waals surface area contributed by atoms with E-state index in [0.717, 1.165) is 29.7 Å². The summed E-state index contributed by atoms with van der Waals surface area (Å²) in [7, 11) is 0. The zero-order valence-corrected chi connectivity index (χ0v) is 10.8. The van der Waals surface area contributed by atoms with Crippen LogP contribution in [0.3, 0.4) is 0 Å². The molecule has 1 aromatic carbocycles. The highest BCUT2D eigenvalue weighted by atomic mass is 16.5. The predicted octanol–water partition coefficient (Wildman–Crippen LogP) is 1.74. The molecule has 18 heavy (non-hydrogen) atoms. The smallest absolute Gasteiger partial charge is 0.320 e.